The normalized spacial score (nSPS) is 21.4. The minimum atomic E-state index is -0.254. The largest absolute Gasteiger partial charge is 0.454 e. The first-order chi connectivity index (χ1) is 13.6. The van der Waals surface area contributed by atoms with E-state index in [9.17, 15) is 14.4 Å². The third-order valence-electron chi connectivity index (χ3n) is 5.56. The molecule has 3 aliphatic rings. The lowest BCUT2D eigenvalue weighted by Crippen LogP contribution is -2.52. The van der Waals surface area contributed by atoms with Crippen LogP contribution in [0, 0.1) is 5.92 Å². The van der Waals surface area contributed by atoms with E-state index in [2.05, 4.69) is 0 Å². The molecule has 1 aromatic rings. The maximum absolute atomic E-state index is 12.8. The fourth-order valence-corrected chi connectivity index (χ4v) is 4.02. The molecule has 0 aromatic heterocycles. The Morgan fingerprint density at radius 3 is 2.54 bits per heavy atom. The highest BCUT2D eigenvalue weighted by molar-refractivity contribution is 5.95. The Balaban J connectivity index is 1.32. The zero-order valence-electron chi connectivity index (χ0n) is 16.1. The van der Waals surface area contributed by atoms with E-state index in [0.29, 0.717) is 62.8 Å². The van der Waals surface area contributed by atoms with E-state index in [1.807, 2.05) is 6.92 Å². The van der Waals surface area contributed by atoms with Crippen molar-refractivity contribution < 1.29 is 23.9 Å². The lowest BCUT2D eigenvalue weighted by atomic mass is 10.1. The number of nitrogens with zero attached hydrogens (tertiary/aromatic N) is 3. The maximum Gasteiger partial charge on any atom is 0.254 e. The summed E-state index contributed by atoms with van der Waals surface area (Å²) in [5.41, 5.74) is 0.556. The van der Waals surface area contributed by atoms with Crippen molar-refractivity contribution in [2.75, 3.05) is 46.1 Å². The van der Waals surface area contributed by atoms with Gasteiger partial charge in [-0.2, -0.15) is 0 Å². The number of carbonyl (C=O) groups excluding carboxylic acids is 3. The first-order valence-electron chi connectivity index (χ1n) is 9.82. The van der Waals surface area contributed by atoms with Crippen LogP contribution < -0.4 is 9.47 Å². The predicted octanol–water partition coefficient (Wildman–Crippen LogP) is 0.958. The van der Waals surface area contributed by atoms with Crippen LogP contribution in [0.15, 0.2) is 18.2 Å². The van der Waals surface area contributed by atoms with E-state index in [-0.39, 0.29) is 30.4 Å². The highest BCUT2D eigenvalue weighted by Crippen LogP contribution is 2.33. The third kappa shape index (κ3) is 3.50. The predicted molar refractivity (Wildman–Crippen MR) is 100 cm³/mol. The minimum absolute atomic E-state index is 0.0298. The van der Waals surface area contributed by atoms with Crippen molar-refractivity contribution in [1.82, 2.24) is 14.7 Å². The number of carbonyl (C=O) groups is 3. The zero-order chi connectivity index (χ0) is 19.7. The molecule has 8 nitrogen and oxygen atoms in total. The van der Waals surface area contributed by atoms with Crippen LogP contribution in [-0.4, -0.2) is 78.5 Å². The van der Waals surface area contributed by atoms with Crippen LogP contribution >= 0.6 is 0 Å². The lowest BCUT2D eigenvalue weighted by molar-refractivity contribution is -0.137. The number of fused-ring (bicyclic) bond motifs is 1. The van der Waals surface area contributed by atoms with Gasteiger partial charge in [0.25, 0.3) is 5.91 Å². The number of ether oxygens (including phenoxy) is 2. The van der Waals surface area contributed by atoms with E-state index in [1.54, 1.807) is 32.9 Å². The van der Waals surface area contributed by atoms with Crippen molar-refractivity contribution in [1.29, 1.82) is 0 Å². The number of amides is 3. The Hall–Kier alpha value is -2.77. The molecule has 3 heterocycles. The van der Waals surface area contributed by atoms with Gasteiger partial charge in [0.05, 0.1) is 5.92 Å². The van der Waals surface area contributed by atoms with Crippen LogP contribution in [-0.2, 0) is 9.59 Å². The summed E-state index contributed by atoms with van der Waals surface area (Å²) in [5, 5.41) is 0. The molecule has 1 atom stereocenters. The second kappa shape index (κ2) is 7.69. The average Bonchev–Trinajstić information content (AvgIpc) is 3.33. The monoisotopic (exact) mass is 387 g/mol. The molecule has 150 valence electrons. The smallest absolute Gasteiger partial charge is 0.254 e. The molecule has 1 unspecified atom stereocenters. The molecule has 0 N–H and O–H groups in total. The molecule has 0 saturated carbocycles. The topological polar surface area (TPSA) is 79.4 Å². The second-order valence-corrected chi connectivity index (χ2v) is 7.43. The highest BCUT2D eigenvalue weighted by atomic mass is 16.7. The molecule has 4 rings (SSSR count). The zero-order valence-corrected chi connectivity index (χ0v) is 16.1. The van der Waals surface area contributed by atoms with Crippen LogP contribution in [0.2, 0.25) is 0 Å². The van der Waals surface area contributed by atoms with Crippen molar-refractivity contribution in [2.45, 2.75) is 19.8 Å². The molecule has 2 saturated heterocycles. The summed E-state index contributed by atoms with van der Waals surface area (Å²) in [6.07, 6.45) is 1.20. The fraction of sp³-hybridized carbons (Fsp3) is 0.550. The molecule has 3 aliphatic heterocycles. The first kappa shape index (κ1) is 18.6. The van der Waals surface area contributed by atoms with Gasteiger partial charge in [-0.1, -0.05) is 6.92 Å². The Labute approximate surface area is 164 Å². The molecule has 1 aromatic carbocycles. The number of hydrogen-bond acceptors (Lipinski definition) is 5. The Bertz CT molecular complexity index is 788. The lowest BCUT2D eigenvalue weighted by Gasteiger charge is -2.36. The van der Waals surface area contributed by atoms with Gasteiger partial charge in [0.1, 0.15) is 0 Å². The summed E-state index contributed by atoms with van der Waals surface area (Å²) in [7, 11) is 0. The number of rotatable bonds is 4. The van der Waals surface area contributed by atoms with Gasteiger partial charge in [-0.25, -0.2) is 0 Å². The Morgan fingerprint density at radius 2 is 1.79 bits per heavy atom. The van der Waals surface area contributed by atoms with Crippen molar-refractivity contribution in [3.63, 3.8) is 0 Å². The molecular formula is C20H25N3O5. The van der Waals surface area contributed by atoms with Gasteiger partial charge in [0.2, 0.25) is 18.6 Å². The summed E-state index contributed by atoms with van der Waals surface area (Å²) < 4.78 is 10.6. The summed E-state index contributed by atoms with van der Waals surface area (Å²) in [6, 6.07) is 5.18. The minimum Gasteiger partial charge on any atom is -0.454 e. The van der Waals surface area contributed by atoms with Crippen LogP contribution in [0.25, 0.3) is 0 Å². The van der Waals surface area contributed by atoms with Gasteiger partial charge in [0.15, 0.2) is 11.5 Å². The van der Waals surface area contributed by atoms with Crippen molar-refractivity contribution in [3.05, 3.63) is 23.8 Å². The highest BCUT2D eigenvalue weighted by Gasteiger charge is 2.37. The van der Waals surface area contributed by atoms with E-state index in [1.165, 1.54) is 0 Å². The SMILES string of the molecule is CCCN1CC(C(=O)N2CCN(C(=O)c3ccc4c(c3)OCO4)CC2)CC1=O. The van der Waals surface area contributed by atoms with Crippen molar-refractivity contribution in [2.24, 2.45) is 5.92 Å². The molecule has 0 spiro atoms. The van der Waals surface area contributed by atoms with E-state index in [4.69, 9.17) is 9.47 Å². The molecular weight excluding hydrogens is 362 g/mol. The third-order valence-corrected chi connectivity index (χ3v) is 5.56. The number of hydrogen-bond donors (Lipinski definition) is 0. The number of likely N-dealkylation sites (tertiary alicyclic amines) is 1. The molecule has 8 heteroatoms. The molecule has 2 fully saturated rings. The van der Waals surface area contributed by atoms with Gasteiger partial charge >= 0.3 is 0 Å². The quantitative estimate of drug-likeness (QED) is 0.769. The number of benzene rings is 1. The van der Waals surface area contributed by atoms with Crippen molar-refractivity contribution >= 4 is 17.7 Å². The molecule has 0 radical (unpaired) electrons. The van der Waals surface area contributed by atoms with Crippen LogP contribution in [0.3, 0.4) is 0 Å². The van der Waals surface area contributed by atoms with E-state index < -0.39 is 0 Å². The summed E-state index contributed by atoms with van der Waals surface area (Å²) in [6.45, 7) is 5.38. The molecule has 0 aliphatic carbocycles. The van der Waals surface area contributed by atoms with Gasteiger partial charge in [-0.3, -0.25) is 14.4 Å². The van der Waals surface area contributed by atoms with Crippen LogP contribution in [0.4, 0.5) is 0 Å². The molecule has 0 bridgehead atoms. The Morgan fingerprint density at radius 1 is 1.07 bits per heavy atom. The fourth-order valence-electron chi connectivity index (χ4n) is 4.02. The summed E-state index contributed by atoms with van der Waals surface area (Å²) in [5.74, 6) is 1.00. The van der Waals surface area contributed by atoms with E-state index >= 15 is 0 Å². The average molecular weight is 387 g/mol. The van der Waals surface area contributed by atoms with Gasteiger partial charge in [-0.15, -0.1) is 0 Å². The van der Waals surface area contributed by atoms with Crippen LogP contribution in [0.1, 0.15) is 30.1 Å². The standard InChI is InChI=1S/C20H25N3O5/c1-2-5-23-12-15(11-18(23)24)20(26)22-8-6-21(7-9-22)19(25)14-3-4-16-17(10-14)28-13-27-16/h3-4,10,15H,2,5-9,11-13H2,1H3. The Kier molecular flexibility index (Phi) is 5.11. The second-order valence-electron chi connectivity index (χ2n) is 7.43. The number of piperazine rings is 1. The molecule has 28 heavy (non-hydrogen) atoms. The van der Waals surface area contributed by atoms with Gasteiger partial charge < -0.3 is 24.2 Å². The van der Waals surface area contributed by atoms with Crippen molar-refractivity contribution in [3.8, 4) is 11.5 Å². The van der Waals surface area contributed by atoms with Crippen LogP contribution in [0.5, 0.6) is 11.5 Å². The van der Waals surface area contributed by atoms with Gasteiger partial charge in [0, 0.05) is 51.3 Å². The molecule has 3 amide bonds. The first-order valence-corrected chi connectivity index (χ1v) is 9.82. The van der Waals surface area contributed by atoms with E-state index in [0.717, 1.165) is 6.42 Å². The summed E-state index contributed by atoms with van der Waals surface area (Å²) in [4.78, 5) is 42.9. The van der Waals surface area contributed by atoms with Gasteiger partial charge in [-0.05, 0) is 24.6 Å². The summed E-state index contributed by atoms with van der Waals surface area (Å²) >= 11 is 0. The maximum atomic E-state index is 12.8.